The van der Waals surface area contributed by atoms with Crippen LogP contribution < -0.4 is 0 Å². The second-order valence-electron chi connectivity index (χ2n) is 12.1. The molecule has 0 unspecified atom stereocenters. The fourth-order valence-corrected chi connectivity index (χ4v) is 7.39. The molecule has 220 valence electrons. The number of hydrogen-bond donors (Lipinski definition) is 2. The van der Waals surface area contributed by atoms with Crippen LogP contribution >= 0.6 is 0 Å². The van der Waals surface area contributed by atoms with Crippen LogP contribution in [-0.2, 0) is 16.2 Å². The van der Waals surface area contributed by atoms with Crippen molar-refractivity contribution >= 4 is 33.6 Å². The van der Waals surface area contributed by atoms with Crippen molar-refractivity contribution < 1.29 is 19.4 Å². The van der Waals surface area contributed by atoms with Gasteiger partial charge < -0.3 is 9.97 Å². The number of ketones is 2. The zero-order valence-corrected chi connectivity index (χ0v) is 25.6. The summed E-state index contributed by atoms with van der Waals surface area (Å²) in [6.07, 6.45) is 2.93. The molecule has 42 heavy (non-hydrogen) atoms. The Balaban J connectivity index is 1.71. The van der Waals surface area contributed by atoms with Crippen LogP contribution in [0.15, 0.2) is 18.2 Å². The first kappa shape index (κ1) is 28.5. The Bertz CT molecular complexity index is 1760. The van der Waals surface area contributed by atoms with E-state index in [1.165, 1.54) is 7.11 Å². The molecular weight excluding hydrogens is 528 g/mol. The first-order valence-electron chi connectivity index (χ1n) is 15.1. The van der Waals surface area contributed by atoms with Crippen LogP contribution in [0.4, 0.5) is 0 Å². The van der Waals surface area contributed by atoms with E-state index in [0.717, 1.165) is 86.4 Å². The highest BCUT2D eigenvalue weighted by Gasteiger charge is 2.36. The molecule has 0 amide bonds. The molecule has 4 atom stereocenters. The van der Waals surface area contributed by atoms with Gasteiger partial charge in [0.2, 0.25) is 0 Å². The molecule has 1 aliphatic carbocycles. The van der Waals surface area contributed by atoms with Crippen molar-refractivity contribution in [1.29, 1.82) is 0 Å². The number of H-pyrrole nitrogens is 2. The molecule has 3 aromatic heterocycles. The number of aromatic amines is 2. The van der Waals surface area contributed by atoms with Crippen LogP contribution in [0.1, 0.15) is 131 Å². The van der Waals surface area contributed by atoms with Crippen molar-refractivity contribution in [3.8, 4) is 0 Å². The number of rotatable bonds is 7. The van der Waals surface area contributed by atoms with Crippen LogP contribution in [0.2, 0.25) is 0 Å². The van der Waals surface area contributed by atoms with Gasteiger partial charge >= 0.3 is 0 Å². The highest BCUT2D eigenvalue weighted by atomic mass is 17.2. The SMILES string of the molecule is CC[C@H]1c2cc3[nH]c4c(c5nc(cc6[nH]c(cc(n2)[C@@H]1C)c(C(C)=O)c6C)[C@@H](C)[C@@H]5CCCOOC)CC(=O)c4c3C. The minimum Gasteiger partial charge on any atom is -0.355 e. The van der Waals surface area contributed by atoms with Gasteiger partial charge in [-0.1, -0.05) is 20.8 Å². The Labute approximate surface area is 246 Å². The minimum absolute atomic E-state index is 0.0214. The molecule has 8 nitrogen and oxygen atoms in total. The lowest BCUT2D eigenvalue weighted by atomic mass is 9.86. The van der Waals surface area contributed by atoms with E-state index in [-0.39, 0.29) is 35.2 Å². The summed E-state index contributed by atoms with van der Waals surface area (Å²) in [4.78, 5) is 53.9. The van der Waals surface area contributed by atoms with E-state index in [0.29, 0.717) is 18.6 Å². The molecule has 8 bridgehead atoms. The minimum atomic E-state index is 0.0214. The average molecular weight is 569 g/mol. The second kappa shape index (κ2) is 10.9. The predicted molar refractivity (Wildman–Crippen MR) is 163 cm³/mol. The third-order valence-electron chi connectivity index (χ3n) is 9.74. The Morgan fingerprint density at radius 2 is 1.62 bits per heavy atom. The van der Waals surface area contributed by atoms with E-state index in [2.05, 4.69) is 42.9 Å². The van der Waals surface area contributed by atoms with Crippen molar-refractivity contribution in [2.45, 2.75) is 90.9 Å². The van der Waals surface area contributed by atoms with Crippen LogP contribution in [0.25, 0.3) is 22.1 Å². The zero-order valence-electron chi connectivity index (χ0n) is 25.6. The van der Waals surface area contributed by atoms with Gasteiger partial charge in [0, 0.05) is 74.9 Å². The molecule has 0 radical (unpaired) electrons. The highest BCUT2D eigenvalue weighted by molar-refractivity contribution is 6.13. The number of fused-ring (bicyclic) bond motifs is 8. The van der Waals surface area contributed by atoms with Gasteiger partial charge in [-0.05, 0) is 69.4 Å². The molecule has 6 rings (SSSR count). The quantitative estimate of drug-likeness (QED) is 0.133. The lowest BCUT2D eigenvalue weighted by molar-refractivity contribution is -0.272. The molecule has 0 fully saturated rings. The van der Waals surface area contributed by atoms with Gasteiger partial charge in [0.05, 0.1) is 30.4 Å². The number of nitrogens with zero attached hydrogens (tertiary/aromatic N) is 2. The highest BCUT2D eigenvalue weighted by Crippen LogP contribution is 2.45. The van der Waals surface area contributed by atoms with Gasteiger partial charge in [-0.2, -0.15) is 0 Å². The molecular formula is C34H40N4O4. The summed E-state index contributed by atoms with van der Waals surface area (Å²) >= 11 is 0. The maximum atomic E-state index is 13.5. The summed E-state index contributed by atoms with van der Waals surface area (Å²) in [5.74, 6) is 0.817. The second-order valence-corrected chi connectivity index (χ2v) is 12.1. The topological polar surface area (TPSA) is 110 Å². The standard InChI is InChI=1S/C34H40N4O4/c1-8-21-16(2)24-15-29-31(20(6)39)18(4)26(36-29)13-25-17(3)22(10-9-11-42-41-7)33(37-25)23-12-30(40)32-19(5)27(38-34(23)32)14-28(21)35-24/h13-17,21-22,36,38H,8-12H2,1-7H3/t16-,17+,21-,22+/m1/s1. The third kappa shape index (κ3) is 4.52. The number of aryl methyl sites for hydroxylation is 2. The smallest absolute Gasteiger partial charge is 0.169 e. The molecule has 0 saturated carbocycles. The Kier molecular flexibility index (Phi) is 7.39. The lowest BCUT2D eigenvalue weighted by Gasteiger charge is -2.17. The van der Waals surface area contributed by atoms with Crippen LogP contribution in [0, 0.1) is 13.8 Å². The summed E-state index contributed by atoms with van der Waals surface area (Å²) in [6.45, 7) is 12.7. The van der Waals surface area contributed by atoms with Crippen molar-refractivity contribution in [1.82, 2.24) is 19.9 Å². The predicted octanol–water partition coefficient (Wildman–Crippen LogP) is 7.42. The number of carbonyl (C=O) groups is 2. The third-order valence-corrected chi connectivity index (χ3v) is 9.74. The summed E-state index contributed by atoms with van der Waals surface area (Å²) in [5.41, 5.74) is 11.7. The van der Waals surface area contributed by atoms with Crippen LogP contribution in [0.5, 0.6) is 0 Å². The lowest BCUT2D eigenvalue weighted by Crippen LogP contribution is -2.07. The van der Waals surface area contributed by atoms with Gasteiger partial charge in [-0.15, -0.1) is 0 Å². The van der Waals surface area contributed by atoms with Gasteiger partial charge in [-0.25, -0.2) is 9.78 Å². The number of aromatic nitrogens is 4. The normalized spacial score (nSPS) is 21.4. The van der Waals surface area contributed by atoms with Crippen molar-refractivity contribution in [2.24, 2.45) is 0 Å². The van der Waals surface area contributed by atoms with Crippen molar-refractivity contribution in [3.05, 3.63) is 68.8 Å². The first-order valence-corrected chi connectivity index (χ1v) is 15.1. The largest absolute Gasteiger partial charge is 0.355 e. The Morgan fingerprint density at radius 1 is 0.952 bits per heavy atom. The molecule has 0 spiro atoms. The molecule has 0 saturated heterocycles. The molecule has 5 heterocycles. The van der Waals surface area contributed by atoms with Crippen LogP contribution in [0.3, 0.4) is 0 Å². The van der Waals surface area contributed by atoms with Crippen molar-refractivity contribution in [3.63, 3.8) is 0 Å². The van der Waals surface area contributed by atoms with E-state index in [4.69, 9.17) is 19.7 Å². The summed E-state index contributed by atoms with van der Waals surface area (Å²) in [6, 6.07) is 6.26. The van der Waals surface area contributed by atoms with E-state index in [1.54, 1.807) is 6.92 Å². The van der Waals surface area contributed by atoms with Crippen molar-refractivity contribution in [2.75, 3.05) is 13.7 Å². The Morgan fingerprint density at radius 3 is 2.33 bits per heavy atom. The Hall–Kier alpha value is -3.62. The monoisotopic (exact) mass is 568 g/mol. The molecule has 3 aromatic rings. The fraction of sp³-hybridized carbons (Fsp3) is 0.471. The molecule has 2 N–H and O–H groups in total. The maximum absolute atomic E-state index is 13.5. The first-order chi connectivity index (χ1) is 20.1. The van der Waals surface area contributed by atoms with E-state index in [1.807, 2.05) is 19.9 Å². The number of hydrogen-bond acceptors (Lipinski definition) is 6. The molecule has 2 aliphatic heterocycles. The molecule has 8 heteroatoms. The summed E-state index contributed by atoms with van der Waals surface area (Å²) in [7, 11) is 1.52. The van der Waals surface area contributed by atoms with Gasteiger partial charge in [0.25, 0.3) is 0 Å². The number of Topliss-reactive ketones (excluding diaryl/α,β-unsaturated/α-hetero) is 2. The zero-order chi connectivity index (χ0) is 29.9. The fourth-order valence-electron chi connectivity index (χ4n) is 7.39. The van der Waals surface area contributed by atoms with Gasteiger partial charge in [0.1, 0.15) is 0 Å². The summed E-state index contributed by atoms with van der Waals surface area (Å²) < 4.78 is 0. The molecule has 3 aliphatic rings. The van der Waals surface area contributed by atoms with E-state index >= 15 is 0 Å². The number of nitrogens with one attached hydrogen (secondary N) is 2. The van der Waals surface area contributed by atoms with Crippen LogP contribution in [-0.4, -0.2) is 45.2 Å². The summed E-state index contributed by atoms with van der Waals surface area (Å²) in [5, 5.41) is 0. The average Bonchev–Trinajstić information content (AvgIpc) is 3.69. The van der Waals surface area contributed by atoms with E-state index < -0.39 is 0 Å². The van der Waals surface area contributed by atoms with Gasteiger partial charge in [0.15, 0.2) is 11.6 Å². The van der Waals surface area contributed by atoms with Gasteiger partial charge in [-0.3, -0.25) is 19.6 Å². The maximum Gasteiger partial charge on any atom is 0.169 e. The molecule has 0 aromatic carbocycles. The van der Waals surface area contributed by atoms with E-state index in [9.17, 15) is 9.59 Å². The number of carbonyl (C=O) groups excluding carboxylic acids is 2.